The summed E-state index contributed by atoms with van der Waals surface area (Å²) < 4.78 is 4.69. The van der Waals surface area contributed by atoms with Crippen molar-refractivity contribution in [3.05, 3.63) is 41.5 Å². The third-order valence-corrected chi connectivity index (χ3v) is 3.49. The molecule has 0 fully saturated rings. The highest BCUT2D eigenvalue weighted by Crippen LogP contribution is 2.08. The Morgan fingerprint density at radius 2 is 1.96 bits per heavy atom. The number of ether oxygens (including phenoxy) is 1. The van der Waals surface area contributed by atoms with Crippen LogP contribution in [-0.2, 0) is 14.3 Å². The van der Waals surface area contributed by atoms with Gasteiger partial charge in [0.25, 0.3) is 0 Å². The van der Waals surface area contributed by atoms with E-state index < -0.39 is 5.92 Å². The number of methoxy groups -OCH3 is 1. The number of aryl methyl sites for hydroxylation is 1. The Kier molecular flexibility index (Phi) is 8.05. The van der Waals surface area contributed by atoms with Gasteiger partial charge in [0.2, 0.25) is 5.91 Å². The monoisotopic (exact) mass is 319 g/mol. The van der Waals surface area contributed by atoms with E-state index in [1.54, 1.807) is 17.9 Å². The molecule has 1 N–H and O–H groups in total. The summed E-state index contributed by atoms with van der Waals surface area (Å²) in [5.74, 6) is -0.945. The first-order valence-corrected chi connectivity index (χ1v) is 7.70. The number of benzene rings is 1. The minimum Gasteiger partial charge on any atom is -0.469 e. The molecule has 0 aliphatic rings. The maximum Gasteiger partial charge on any atom is 0.310 e. The first-order chi connectivity index (χ1) is 11.0. The number of hydrogen-bond acceptors (Lipinski definition) is 4. The molecule has 0 aliphatic heterocycles. The van der Waals surface area contributed by atoms with Gasteiger partial charge in [-0.3, -0.25) is 9.59 Å². The molecule has 0 radical (unpaired) electrons. The number of esters is 1. The summed E-state index contributed by atoms with van der Waals surface area (Å²) in [6.07, 6.45) is 3.71. The van der Waals surface area contributed by atoms with Crippen molar-refractivity contribution in [3.8, 4) is 0 Å². The van der Waals surface area contributed by atoms with Crippen molar-refractivity contribution in [1.29, 1.82) is 0 Å². The number of carbonyl (C=O) groups excluding carboxylic acids is 2. The second kappa shape index (κ2) is 9.79. The fourth-order valence-electron chi connectivity index (χ4n) is 2.11. The van der Waals surface area contributed by atoms with Gasteiger partial charge in [0.1, 0.15) is 0 Å². The highest BCUT2D eigenvalue weighted by molar-refractivity contribution is 5.92. The van der Waals surface area contributed by atoms with Crippen LogP contribution >= 0.6 is 0 Å². The Bertz CT molecular complexity index is 536. The molecule has 1 aromatic rings. The average molecular weight is 319 g/mol. The molecule has 0 bridgehead atoms. The number of nitrogens with zero attached hydrogens (tertiary/aromatic N) is 1. The summed E-state index contributed by atoms with van der Waals surface area (Å²) in [5, 5.41) is 8.97. The van der Waals surface area contributed by atoms with Gasteiger partial charge in [0.15, 0.2) is 0 Å². The largest absolute Gasteiger partial charge is 0.469 e. The molecule has 0 saturated carbocycles. The Morgan fingerprint density at radius 1 is 1.30 bits per heavy atom. The van der Waals surface area contributed by atoms with E-state index in [-0.39, 0.29) is 25.0 Å². The molecule has 0 spiro atoms. The first-order valence-electron chi connectivity index (χ1n) is 7.70. The van der Waals surface area contributed by atoms with Gasteiger partial charge in [-0.1, -0.05) is 36.8 Å². The zero-order valence-electron chi connectivity index (χ0n) is 14.0. The van der Waals surface area contributed by atoms with Crippen LogP contribution in [0.4, 0.5) is 0 Å². The topological polar surface area (TPSA) is 66.8 Å². The maximum atomic E-state index is 12.3. The van der Waals surface area contributed by atoms with Gasteiger partial charge in [-0.25, -0.2) is 0 Å². The normalized spacial score (nSPS) is 12.2. The smallest absolute Gasteiger partial charge is 0.310 e. The fraction of sp³-hybridized carbons (Fsp3) is 0.444. The van der Waals surface area contributed by atoms with Crippen LogP contribution in [0.2, 0.25) is 0 Å². The summed E-state index contributed by atoms with van der Waals surface area (Å²) in [4.78, 5) is 25.4. The van der Waals surface area contributed by atoms with E-state index in [1.165, 1.54) is 13.2 Å². The number of hydrogen-bond donors (Lipinski definition) is 1. The molecule has 5 nitrogen and oxygen atoms in total. The van der Waals surface area contributed by atoms with Crippen molar-refractivity contribution in [2.75, 3.05) is 26.8 Å². The van der Waals surface area contributed by atoms with Gasteiger partial charge >= 0.3 is 5.97 Å². The molecular weight excluding hydrogens is 294 g/mol. The minimum atomic E-state index is -0.407. The van der Waals surface area contributed by atoms with Crippen LogP contribution in [-0.4, -0.2) is 48.7 Å². The number of rotatable bonds is 8. The second-order valence-corrected chi connectivity index (χ2v) is 5.53. The van der Waals surface area contributed by atoms with E-state index in [2.05, 4.69) is 0 Å². The third-order valence-electron chi connectivity index (χ3n) is 3.49. The summed E-state index contributed by atoms with van der Waals surface area (Å²) in [7, 11) is 1.33. The van der Waals surface area contributed by atoms with Gasteiger partial charge in [-0.15, -0.1) is 0 Å². The molecule has 1 aromatic carbocycles. The molecule has 0 heterocycles. The summed E-state index contributed by atoms with van der Waals surface area (Å²) in [5.41, 5.74) is 2.09. The average Bonchev–Trinajstić information content (AvgIpc) is 2.56. The Labute approximate surface area is 137 Å². The Hall–Kier alpha value is -2.14. The molecule has 0 saturated heterocycles. The van der Waals surface area contributed by atoms with E-state index >= 15 is 0 Å². The van der Waals surface area contributed by atoms with Crippen molar-refractivity contribution in [1.82, 2.24) is 4.90 Å². The molecule has 1 atom stereocenters. The lowest BCUT2D eigenvalue weighted by Gasteiger charge is -2.23. The van der Waals surface area contributed by atoms with Gasteiger partial charge in [-0.2, -0.15) is 0 Å². The molecule has 126 valence electrons. The highest BCUT2D eigenvalue weighted by Gasteiger charge is 2.19. The Balaban J connectivity index is 2.74. The number of aliphatic hydroxyl groups excluding tert-OH is 1. The lowest BCUT2D eigenvalue weighted by Crippen LogP contribution is -2.37. The zero-order chi connectivity index (χ0) is 17.2. The van der Waals surface area contributed by atoms with E-state index in [4.69, 9.17) is 9.84 Å². The van der Waals surface area contributed by atoms with Crippen molar-refractivity contribution in [2.24, 2.45) is 5.92 Å². The molecule has 0 aromatic heterocycles. The lowest BCUT2D eigenvalue weighted by molar-refractivity contribution is -0.146. The zero-order valence-corrected chi connectivity index (χ0v) is 14.0. The molecular formula is C18H25NO4. The van der Waals surface area contributed by atoms with Crippen LogP contribution < -0.4 is 0 Å². The molecule has 0 aliphatic carbocycles. The minimum absolute atomic E-state index is 0.00192. The van der Waals surface area contributed by atoms with Gasteiger partial charge in [-0.05, 0) is 25.0 Å². The second-order valence-electron chi connectivity index (χ2n) is 5.53. The number of aliphatic hydroxyl groups is 1. The predicted octanol–water partition coefficient (Wildman–Crippen LogP) is 2.03. The van der Waals surface area contributed by atoms with Gasteiger partial charge in [0, 0.05) is 25.8 Å². The van der Waals surface area contributed by atoms with E-state index in [1.807, 2.05) is 31.2 Å². The molecule has 23 heavy (non-hydrogen) atoms. The molecule has 1 amide bonds. The van der Waals surface area contributed by atoms with Crippen LogP contribution in [0.15, 0.2) is 30.3 Å². The fourth-order valence-corrected chi connectivity index (χ4v) is 2.11. The summed E-state index contributed by atoms with van der Waals surface area (Å²) in [6.45, 7) is 4.38. The first kappa shape index (κ1) is 18.9. The standard InChI is InChI=1S/C18H25NO4/c1-14-5-7-16(8-6-14)9-10-17(21)19(11-4-12-20)13-15(2)18(22)23-3/h5-10,15,20H,4,11-13H2,1-3H3/b10-9+. The van der Waals surface area contributed by atoms with Crippen LogP contribution in [0.5, 0.6) is 0 Å². The predicted molar refractivity (Wildman–Crippen MR) is 89.7 cm³/mol. The molecule has 5 heteroatoms. The van der Waals surface area contributed by atoms with E-state index in [0.717, 1.165) is 11.1 Å². The van der Waals surface area contributed by atoms with Gasteiger partial charge in [0.05, 0.1) is 13.0 Å². The van der Waals surface area contributed by atoms with E-state index in [9.17, 15) is 9.59 Å². The van der Waals surface area contributed by atoms with Crippen LogP contribution in [0.3, 0.4) is 0 Å². The van der Waals surface area contributed by atoms with Crippen LogP contribution in [0.1, 0.15) is 24.5 Å². The van der Waals surface area contributed by atoms with E-state index in [0.29, 0.717) is 13.0 Å². The number of amides is 1. The molecule has 1 unspecified atom stereocenters. The van der Waals surface area contributed by atoms with Crippen molar-refractivity contribution < 1.29 is 19.4 Å². The van der Waals surface area contributed by atoms with Crippen molar-refractivity contribution >= 4 is 18.0 Å². The number of carbonyl (C=O) groups is 2. The third kappa shape index (κ3) is 6.65. The SMILES string of the molecule is COC(=O)C(C)CN(CCCO)C(=O)/C=C/c1ccc(C)cc1. The maximum absolute atomic E-state index is 12.3. The summed E-state index contributed by atoms with van der Waals surface area (Å²) >= 11 is 0. The van der Waals surface area contributed by atoms with Crippen molar-refractivity contribution in [3.63, 3.8) is 0 Å². The van der Waals surface area contributed by atoms with Crippen LogP contribution in [0.25, 0.3) is 6.08 Å². The van der Waals surface area contributed by atoms with Crippen LogP contribution in [0, 0.1) is 12.8 Å². The quantitative estimate of drug-likeness (QED) is 0.588. The summed E-state index contributed by atoms with van der Waals surface area (Å²) in [6, 6.07) is 7.84. The highest BCUT2D eigenvalue weighted by atomic mass is 16.5. The lowest BCUT2D eigenvalue weighted by atomic mass is 10.1. The van der Waals surface area contributed by atoms with Gasteiger partial charge < -0.3 is 14.7 Å². The Morgan fingerprint density at radius 3 is 2.52 bits per heavy atom. The van der Waals surface area contributed by atoms with Crippen molar-refractivity contribution in [2.45, 2.75) is 20.3 Å². The molecule has 1 rings (SSSR count).